The minimum Gasteiger partial charge on any atom is -0.394 e. The second-order valence-electron chi connectivity index (χ2n) is 5.51. The van der Waals surface area contributed by atoms with E-state index in [1.807, 2.05) is 7.05 Å². The largest absolute Gasteiger partial charge is 0.394 e. The third kappa shape index (κ3) is 2.27. The molecule has 0 amide bonds. The van der Waals surface area contributed by atoms with Crippen LogP contribution in [0.5, 0.6) is 0 Å². The Labute approximate surface area is 99.2 Å². The quantitative estimate of drug-likeness (QED) is 0.715. The van der Waals surface area contributed by atoms with Crippen molar-refractivity contribution < 1.29 is 5.11 Å². The standard InChI is InChI=1S/C13H26N2O/c1-3-12-5-4-8-15(12)9-13(10-16,14-2)11-6-7-11/h11-12,14,16H,3-10H2,1-2H3. The number of aliphatic hydroxyl groups is 1. The van der Waals surface area contributed by atoms with Crippen molar-refractivity contribution >= 4 is 0 Å². The van der Waals surface area contributed by atoms with Gasteiger partial charge in [-0.25, -0.2) is 0 Å². The molecule has 16 heavy (non-hydrogen) atoms. The van der Waals surface area contributed by atoms with Crippen LogP contribution in [0.3, 0.4) is 0 Å². The summed E-state index contributed by atoms with van der Waals surface area (Å²) in [6.45, 7) is 4.80. The first-order chi connectivity index (χ1) is 7.75. The molecule has 1 aliphatic heterocycles. The molecule has 1 saturated heterocycles. The van der Waals surface area contributed by atoms with Gasteiger partial charge in [0.1, 0.15) is 0 Å². The van der Waals surface area contributed by atoms with Gasteiger partial charge in [0.15, 0.2) is 0 Å². The molecule has 0 aromatic carbocycles. The predicted octanol–water partition coefficient (Wildman–Crippen LogP) is 1.22. The number of likely N-dealkylation sites (N-methyl/N-ethyl adjacent to an activating group) is 1. The number of rotatable bonds is 6. The van der Waals surface area contributed by atoms with Crippen LogP contribution in [0, 0.1) is 5.92 Å². The van der Waals surface area contributed by atoms with Crippen molar-refractivity contribution in [2.45, 2.75) is 50.6 Å². The Bertz CT molecular complexity index is 224. The first-order valence-corrected chi connectivity index (χ1v) is 6.79. The van der Waals surface area contributed by atoms with Gasteiger partial charge in [0.05, 0.1) is 12.1 Å². The Morgan fingerprint density at radius 2 is 2.12 bits per heavy atom. The highest BCUT2D eigenvalue weighted by atomic mass is 16.3. The summed E-state index contributed by atoms with van der Waals surface area (Å²) >= 11 is 0. The topological polar surface area (TPSA) is 35.5 Å². The van der Waals surface area contributed by atoms with Crippen LogP contribution in [0.15, 0.2) is 0 Å². The summed E-state index contributed by atoms with van der Waals surface area (Å²) < 4.78 is 0. The van der Waals surface area contributed by atoms with E-state index in [0.717, 1.165) is 12.6 Å². The zero-order valence-corrected chi connectivity index (χ0v) is 10.7. The van der Waals surface area contributed by atoms with Gasteiger partial charge in [0, 0.05) is 12.6 Å². The maximum atomic E-state index is 9.72. The molecule has 94 valence electrons. The Morgan fingerprint density at radius 1 is 1.38 bits per heavy atom. The van der Waals surface area contributed by atoms with Crippen molar-refractivity contribution in [1.29, 1.82) is 0 Å². The molecule has 2 atom stereocenters. The number of likely N-dealkylation sites (tertiary alicyclic amines) is 1. The summed E-state index contributed by atoms with van der Waals surface area (Å²) in [5.41, 5.74) is -0.0300. The van der Waals surface area contributed by atoms with Crippen molar-refractivity contribution in [3.63, 3.8) is 0 Å². The fraction of sp³-hybridized carbons (Fsp3) is 1.00. The minimum atomic E-state index is -0.0300. The smallest absolute Gasteiger partial charge is 0.0628 e. The van der Waals surface area contributed by atoms with Crippen molar-refractivity contribution in [1.82, 2.24) is 10.2 Å². The molecule has 2 unspecified atom stereocenters. The van der Waals surface area contributed by atoms with E-state index in [2.05, 4.69) is 17.1 Å². The zero-order chi connectivity index (χ0) is 11.6. The molecule has 1 heterocycles. The molecule has 1 saturated carbocycles. The van der Waals surface area contributed by atoms with Gasteiger partial charge in [-0.05, 0) is 51.6 Å². The number of hydrogen-bond donors (Lipinski definition) is 2. The molecule has 1 aliphatic carbocycles. The third-order valence-corrected chi connectivity index (χ3v) is 4.59. The summed E-state index contributed by atoms with van der Waals surface area (Å²) in [5.74, 6) is 0.695. The fourth-order valence-corrected chi connectivity index (χ4v) is 3.23. The molecule has 3 nitrogen and oxygen atoms in total. The summed E-state index contributed by atoms with van der Waals surface area (Å²) in [4.78, 5) is 2.59. The Kier molecular flexibility index (Phi) is 3.88. The molecule has 2 aliphatic rings. The lowest BCUT2D eigenvalue weighted by Crippen LogP contribution is -2.57. The lowest BCUT2D eigenvalue weighted by molar-refractivity contribution is 0.0901. The minimum absolute atomic E-state index is 0.0300. The SMILES string of the molecule is CCC1CCCN1CC(CO)(NC)C1CC1. The van der Waals surface area contributed by atoms with Crippen LogP contribution in [0.1, 0.15) is 39.0 Å². The van der Waals surface area contributed by atoms with E-state index in [0.29, 0.717) is 5.92 Å². The Balaban J connectivity index is 1.99. The second kappa shape index (κ2) is 5.03. The van der Waals surface area contributed by atoms with Crippen molar-refractivity contribution in [2.75, 3.05) is 26.7 Å². The molecule has 2 fully saturated rings. The van der Waals surface area contributed by atoms with Gasteiger partial charge in [-0.2, -0.15) is 0 Å². The van der Waals surface area contributed by atoms with E-state index in [4.69, 9.17) is 0 Å². The number of hydrogen-bond acceptors (Lipinski definition) is 3. The summed E-state index contributed by atoms with van der Waals surface area (Å²) in [7, 11) is 2.01. The number of aliphatic hydroxyl groups excluding tert-OH is 1. The highest BCUT2D eigenvalue weighted by Gasteiger charge is 2.45. The second-order valence-corrected chi connectivity index (χ2v) is 5.51. The number of nitrogens with one attached hydrogen (secondary N) is 1. The van der Waals surface area contributed by atoms with Crippen LogP contribution >= 0.6 is 0 Å². The van der Waals surface area contributed by atoms with Crippen molar-refractivity contribution in [3.05, 3.63) is 0 Å². The van der Waals surface area contributed by atoms with E-state index in [-0.39, 0.29) is 12.1 Å². The van der Waals surface area contributed by atoms with Gasteiger partial charge in [0.25, 0.3) is 0 Å². The molecule has 0 radical (unpaired) electrons. The van der Waals surface area contributed by atoms with E-state index in [9.17, 15) is 5.11 Å². The van der Waals surface area contributed by atoms with E-state index >= 15 is 0 Å². The van der Waals surface area contributed by atoms with Crippen LogP contribution in [-0.2, 0) is 0 Å². The van der Waals surface area contributed by atoms with Gasteiger partial charge in [-0.15, -0.1) is 0 Å². The monoisotopic (exact) mass is 226 g/mol. The first kappa shape index (κ1) is 12.3. The van der Waals surface area contributed by atoms with Gasteiger partial charge in [-0.3, -0.25) is 4.90 Å². The van der Waals surface area contributed by atoms with Gasteiger partial charge in [0.2, 0.25) is 0 Å². The van der Waals surface area contributed by atoms with Gasteiger partial charge in [-0.1, -0.05) is 6.92 Å². The average molecular weight is 226 g/mol. The summed E-state index contributed by atoms with van der Waals surface area (Å²) in [5, 5.41) is 13.1. The Morgan fingerprint density at radius 3 is 2.62 bits per heavy atom. The lowest BCUT2D eigenvalue weighted by atomic mass is 9.93. The van der Waals surface area contributed by atoms with Crippen LogP contribution in [0.2, 0.25) is 0 Å². The fourth-order valence-electron chi connectivity index (χ4n) is 3.23. The predicted molar refractivity (Wildman–Crippen MR) is 66.5 cm³/mol. The zero-order valence-electron chi connectivity index (χ0n) is 10.7. The van der Waals surface area contributed by atoms with Gasteiger partial charge >= 0.3 is 0 Å². The van der Waals surface area contributed by atoms with Crippen LogP contribution < -0.4 is 5.32 Å². The molecule has 0 bridgehead atoms. The maximum Gasteiger partial charge on any atom is 0.0628 e. The molecule has 2 N–H and O–H groups in total. The van der Waals surface area contributed by atoms with Crippen LogP contribution in [0.25, 0.3) is 0 Å². The van der Waals surface area contributed by atoms with E-state index in [1.165, 1.54) is 38.6 Å². The molecular formula is C13H26N2O. The number of nitrogens with zero attached hydrogens (tertiary/aromatic N) is 1. The normalized spacial score (nSPS) is 30.6. The van der Waals surface area contributed by atoms with E-state index < -0.39 is 0 Å². The van der Waals surface area contributed by atoms with Crippen LogP contribution in [0.4, 0.5) is 0 Å². The maximum absolute atomic E-state index is 9.72. The lowest BCUT2D eigenvalue weighted by Gasteiger charge is -2.38. The molecule has 3 heteroatoms. The summed E-state index contributed by atoms with van der Waals surface area (Å²) in [6.07, 6.45) is 6.48. The van der Waals surface area contributed by atoms with Crippen molar-refractivity contribution in [3.8, 4) is 0 Å². The van der Waals surface area contributed by atoms with Crippen LogP contribution in [-0.4, -0.2) is 48.3 Å². The molecule has 2 rings (SSSR count). The molecule has 0 aromatic rings. The summed E-state index contributed by atoms with van der Waals surface area (Å²) in [6, 6.07) is 0.748. The molecule has 0 aromatic heterocycles. The highest BCUT2D eigenvalue weighted by Crippen LogP contribution is 2.40. The highest BCUT2D eigenvalue weighted by molar-refractivity contribution is 5.03. The van der Waals surface area contributed by atoms with Gasteiger partial charge < -0.3 is 10.4 Å². The first-order valence-electron chi connectivity index (χ1n) is 6.79. The van der Waals surface area contributed by atoms with Crippen molar-refractivity contribution in [2.24, 2.45) is 5.92 Å². The average Bonchev–Trinajstić information content (AvgIpc) is 3.07. The molecule has 0 spiro atoms. The Hall–Kier alpha value is -0.120. The third-order valence-electron chi connectivity index (χ3n) is 4.59. The molecular weight excluding hydrogens is 200 g/mol. The van der Waals surface area contributed by atoms with E-state index in [1.54, 1.807) is 0 Å².